The summed E-state index contributed by atoms with van der Waals surface area (Å²) in [5.74, 6) is -1.05. The molecular weight excluding hydrogens is 328 g/mol. The molecule has 0 aliphatic rings. The molecule has 0 aliphatic carbocycles. The first kappa shape index (κ1) is 26.6. The van der Waals surface area contributed by atoms with Crippen LogP contribution in [0.1, 0.15) is 98.3 Å². The molecule has 1 atom stereocenters. The molecule has 0 bridgehead atoms. The lowest BCUT2D eigenvalue weighted by Crippen LogP contribution is -2.15. The van der Waals surface area contributed by atoms with Gasteiger partial charge in [0.15, 0.2) is 0 Å². The number of esters is 1. The van der Waals surface area contributed by atoms with Crippen molar-refractivity contribution in [1.29, 1.82) is 0 Å². The lowest BCUT2D eigenvalue weighted by Gasteiger charge is -2.14. The molecule has 0 aromatic heterocycles. The van der Waals surface area contributed by atoms with E-state index in [-0.39, 0.29) is 12.1 Å². The third kappa shape index (κ3) is 17.2. The van der Waals surface area contributed by atoms with E-state index in [1.807, 2.05) is 19.9 Å². The third-order valence-corrected chi connectivity index (χ3v) is 4.06. The summed E-state index contributed by atoms with van der Waals surface area (Å²) in [5.41, 5.74) is 0.582. The smallest absolute Gasteiger partial charge is 0.331 e. The van der Waals surface area contributed by atoms with Crippen molar-refractivity contribution in [3.63, 3.8) is 0 Å². The second-order valence-electron chi connectivity index (χ2n) is 6.42. The minimum absolute atomic E-state index is 0.0806. The average molecular weight is 369 g/mol. The number of rotatable bonds is 14. The molecule has 4 nitrogen and oxygen atoms in total. The Morgan fingerprint density at radius 3 is 2.08 bits per heavy atom. The van der Waals surface area contributed by atoms with Gasteiger partial charge >= 0.3 is 11.9 Å². The third-order valence-electron chi connectivity index (χ3n) is 4.06. The van der Waals surface area contributed by atoms with E-state index < -0.39 is 5.97 Å². The number of hydrogen-bond acceptors (Lipinski definition) is 3. The normalized spacial score (nSPS) is 11.9. The summed E-state index contributed by atoms with van der Waals surface area (Å²) in [6.07, 6.45) is 14.6. The summed E-state index contributed by atoms with van der Waals surface area (Å²) >= 11 is 0. The number of unbranched alkanes of at least 4 members (excludes halogenated alkanes) is 5. The van der Waals surface area contributed by atoms with E-state index in [0.717, 1.165) is 44.9 Å². The molecule has 0 aromatic carbocycles. The first-order valence-corrected chi connectivity index (χ1v) is 10.2. The van der Waals surface area contributed by atoms with E-state index in [0.29, 0.717) is 5.57 Å². The molecule has 0 aromatic rings. The molecule has 152 valence electrons. The SMILES string of the molecule is C=CC(=O)OC(CC)CCCCC.CCC=C(CCCCCC)C(=O)O. The zero-order valence-electron chi connectivity index (χ0n) is 17.4. The summed E-state index contributed by atoms with van der Waals surface area (Å²) in [4.78, 5) is 21.6. The van der Waals surface area contributed by atoms with Gasteiger partial charge in [0.2, 0.25) is 0 Å². The first-order valence-electron chi connectivity index (χ1n) is 10.2. The molecule has 4 heteroatoms. The topological polar surface area (TPSA) is 63.6 Å². The highest BCUT2D eigenvalue weighted by Crippen LogP contribution is 2.11. The minimum atomic E-state index is -0.752. The summed E-state index contributed by atoms with van der Waals surface area (Å²) in [5, 5.41) is 8.79. The number of carboxylic acids is 1. The Kier molecular flexibility index (Phi) is 20.2. The van der Waals surface area contributed by atoms with Gasteiger partial charge in [-0.25, -0.2) is 9.59 Å². The highest BCUT2D eigenvalue weighted by molar-refractivity contribution is 5.86. The molecule has 0 aliphatic heterocycles. The quantitative estimate of drug-likeness (QED) is 0.217. The van der Waals surface area contributed by atoms with E-state index in [4.69, 9.17) is 9.84 Å². The predicted molar refractivity (Wildman–Crippen MR) is 109 cm³/mol. The zero-order valence-corrected chi connectivity index (χ0v) is 17.4. The van der Waals surface area contributed by atoms with Crippen LogP contribution in [-0.2, 0) is 14.3 Å². The van der Waals surface area contributed by atoms with Crippen molar-refractivity contribution in [1.82, 2.24) is 0 Å². The Bertz CT molecular complexity index is 399. The van der Waals surface area contributed by atoms with Crippen LogP contribution >= 0.6 is 0 Å². The maximum absolute atomic E-state index is 10.9. The largest absolute Gasteiger partial charge is 0.478 e. The van der Waals surface area contributed by atoms with Gasteiger partial charge in [-0.1, -0.05) is 72.5 Å². The maximum Gasteiger partial charge on any atom is 0.331 e. The standard InChI is InChI=1S/2C11H20O2/c1-4-7-8-9-10(5-2)13-11(12)6-3;1-3-5-6-7-9-10(8-4-2)11(12)13/h6,10H,3-5,7-9H2,1-2H3;8H,3-7,9H2,1-2H3,(H,12,13). The first-order chi connectivity index (χ1) is 12.5. The van der Waals surface area contributed by atoms with Gasteiger partial charge in [0, 0.05) is 11.6 Å². The van der Waals surface area contributed by atoms with E-state index in [9.17, 15) is 9.59 Å². The van der Waals surface area contributed by atoms with Crippen LogP contribution in [0.3, 0.4) is 0 Å². The second kappa shape index (κ2) is 19.7. The van der Waals surface area contributed by atoms with Crippen molar-refractivity contribution in [2.45, 2.75) is 104 Å². The van der Waals surface area contributed by atoms with Crippen LogP contribution in [0.4, 0.5) is 0 Å². The van der Waals surface area contributed by atoms with Crippen LogP contribution in [-0.4, -0.2) is 23.1 Å². The fraction of sp³-hybridized carbons (Fsp3) is 0.727. The van der Waals surface area contributed by atoms with Gasteiger partial charge < -0.3 is 9.84 Å². The number of carbonyl (C=O) groups is 2. The van der Waals surface area contributed by atoms with Crippen molar-refractivity contribution in [2.24, 2.45) is 0 Å². The molecule has 0 fully saturated rings. The Labute approximate surface area is 160 Å². The summed E-state index contributed by atoms with van der Waals surface area (Å²) in [7, 11) is 0. The number of carboxylic acid groups (broad SMARTS) is 1. The molecule has 26 heavy (non-hydrogen) atoms. The number of ether oxygens (including phenoxy) is 1. The minimum Gasteiger partial charge on any atom is -0.478 e. The van der Waals surface area contributed by atoms with Gasteiger partial charge in [-0.2, -0.15) is 0 Å². The Balaban J connectivity index is 0. The van der Waals surface area contributed by atoms with E-state index >= 15 is 0 Å². The van der Waals surface area contributed by atoms with Crippen LogP contribution in [0.2, 0.25) is 0 Å². The van der Waals surface area contributed by atoms with Crippen LogP contribution in [0.15, 0.2) is 24.3 Å². The molecule has 1 unspecified atom stereocenters. The van der Waals surface area contributed by atoms with Gasteiger partial charge in [-0.05, 0) is 38.5 Å². The van der Waals surface area contributed by atoms with Crippen LogP contribution in [0.25, 0.3) is 0 Å². The van der Waals surface area contributed by atoms with Crippen LogP contribution in [0.5, 0.6) is 0 Å². The molecule has 0 saturated carbocycles. The summed E-state index contributed by atoms with van der Waals surface area (Å²) in [6, 6.07) is 0. The lowest BCUT2D eigenvalue weighted by molar-refractivity contribution is -0.143. The van der Waals surface area contributed by atoms with E-state index in [1.165, 1.54) is 31.8 Å². The maximum atomic E-state index is 10.9. The van der Waals surface area contributed by atoms with Gasteiger partial charge in [0.25, 0.3) is 0 Å². The van der Waals surface area contributed by atoms with Crippen molar-refractivity contribution in [3.8, 4) is 0 Å². The van der Waals surface area contributed by atoms with Crippen molar-refractivity contribution in [3.05, 3.63) is 24.3 Å². The molecule has 0 spiro atoms. The zero-order chi connectivity index (χ0) is 20.2. The van der Waals surface area contributed by atoms with E-state index in [2.05, 4.69) is 20.4 Å². The molecule has 0 radical (unpaired) electrons. The van der Waals surface area contributed by atoms with Crippen LogP contribution < -0.4 is 0 Å². The lowest BCUT2D eigenvalue weighted by atomic mass is 10.1. The molecule has 0 saturated heterocycles. The van der Waals surface area contributed by atoms with E-state index in [1.54, 1.807) is 0 Å². The molecule has 0 heterocycles. The van der Waals surface area contributed by atoms with Crippen molar-refractivity contribution < 1.29 is 19.4 Å². The predicted octanol–water partition coefficient (Wildman–Crippen LogP) is 6.45. The van der Waals surface area contributed by atoms with Gasteiger partial charge in [0.1, 0.15) is 6.10 Å². The van der Waals surface area contributed by atoms with Gasteiger partial charge in [-0.3, -0.25) is 0 Å². The van der Waals surface area contributed by atoms with Crippen LogP contribution in [0, 0.1) is 0 Å². The number of carbonyl (C=O) groups excluding carboxylic acids is 1. The van der Waals surface area contributed by atoms with Gasteiger partial charge in [-0.15, -0.1) is 0 Å². The average Bonchev–Trinajstić information content (AvgIpc) is 2.63. The Morgan fingerprint density at radius 2 is 1.62 bits per heavy atom. The highest BCUT2D eigenvalue weighted by atomic mass is 16.5. The fourth-order valence-corrected chi connectivity index (χ4v) is 2.47. The molecule has 0 rings (SSSR count). The van der Waals surface area contributed by atoms with Crippen molar-refractivity contribution in [2.75, 3.05) is 0 Å². The summed E-state index contributed by atoms with van der Waals surface area (Å²) < 4.78 is 5.14. The monoisotopic (exact) mass is 368 g/mol. The van der Waals surface area contributed by atoms with Crippen molar-refractivity contribution >= 4 is 11.9 Å². The Morgan fingerprint density at radius 1 is 1.00 bits per heavy atom. The van der Waals surface area contributed by atoms with Gasteiger partial charge in [0.05, 0.1) is 0 Å². The number of aliphatic carboxylic acids is 1. The Hall–Kier alpha value is -1.58. The number of allylic oxidation sites excluding steroid dienone is 1. The summed E-state index contributed by atoms with van der Waals surface area (Å²) in [6.45, 7) is 11.7. The number of hydrogen-bond donors (Lipinski definition) is 1. The highest BCUT2D eigenvalue weighted by Gasteiger charge is 2.09. The second-order valence-corrected chi connectivity index (χ2v) is 6.42. The molecule has 1 N–H and O–H groups in total. The molecular formula is C22H40O4. The molecule has 0 amide bonds. The fourth-order valence-electron chi connectivity index (χ4n) is 2.47.